The first-order valence-corrected chi connectivity index (χ1v) is 12.6. The monoisotopic (exact) mass is 592 g/mol. The van der Waals surface area contributed by atoms with E-state index in [0.717, 1.165) is 20.3 Å². The minimum atomic E-state index is -0.602. The van der Waals surface area contributed by atoms with Crippen LogP contribution in [0.4, 0.5) is 0 Å². The van der Waals surface area contributed by atoms with Crippen molar-refractivity contribution < 1.29 is 23.8 Å². The first-order chi connectivity index (χ1) is 17.5. The zero-order chi connectivity index (χ0) is 25.3. The summed E-state index contributed by atoms with van der Waals surface area (Å²) in [5.41, 5.74) is 3.84. The third-order valence-corrected chi connectivity index (χ3v) is 6.22. The first-order valence-electron chi connectivity index (χ1n) is 11.5. The van der Waals surface area contributed by atoms with Crippen molar-refractivity contribution in [1.29, 1.82) is 0 Å². The first kappa shape index (κ1) is 25.4. The van der Waals surface area contributed by atoms with E-state index in [1.165, 1.54) is 0 Å². The maximum Gasteiger partial charge on any atom is 0.338 e. The highest BCUT2D eigenvalue weighted by Crippen LogP contribution is 2.35. The van der Waals surface area contributed by atoms with E-state index in [0.29, 0.717) is 30.3 Å². The largest absolute Gasteiger partial charge is 0.489 e. The molecule has 0 saturated heterocycles. The lowest BCUT2D eigenvalue weighted by Gasteiger charge is -2.15. The SMILES string of the molecule is CCOc1c(I)cc(C(=O)OCC(=O)c2ccc(-c3ccccc3)cc2)cc1OCc1ccccc1. The Kier molecular flexibility index (Phi) is 8.73. The molecule has 6 heteroatoms. The summed E-state index contributed by atoms with van der Waals surface area (Å²) < 4.78 is 17.8. The average molecular weight is 592 g/mol. The number of carbonyl (C=O) groups is 2. The van der Waals surface area contributed by atoms with Crippen LogP contribution in [0.5, 0.6) is 11.5 Å². The molecule has 36 heavy (non-hydrogen) atoms. The smallest absolute Gasteiger partial charge is 0.338 e. The summed E-state index contributed by atoms with van der Waals surface area (Å²) in [5.74, 6) is 0.140. The van der Waals surface area contributed by atoms with Crippen molar-refractivity contribution in [2.24, 2.45) is 0 Å². The Morgan fingerprint density at radius 2 is 1.39 bits per heavy atom. The Hall–Kier alpha value is -3.65. The van der Waals surface area contributed by atoms with Gasteiger partial charge in [-0.1, -0.05) is 84.9 Å². The lowest BCUT2D eigenvalue weighted by molar-refractivity contribution is 0.0474. The van der Waals surface area contributed by atoms with E-state index in [2.05, 4.69) is 22.6 Å². The van der Waals surface area contributed by atoms with Crippen molar-refractivity contribution in [1.82, 2.24) is 0 Å². The molecule has 0 unspecified atom stereocenters. The molecule has 182 valence electrons. The molecule has 0 atom stereocenters. The number of carbonyl (C=O) groups excluding carboxylic acids is 2. The fourth-order valence-corrected chi connectivity index (χ4v) is 4.35. The number of hydrogen-bond donors (Lipinski definition) is 0. The van der Waals surface area contributed by atoms with E-state index in [1.54, 1.807) is 24.3 Å². The molecule has 0 spiro atoms. The van der Waals surface area contributed by atoms with Gasteiger partial charge in [0.1, 0.15) is 6.61 Å². The van der Waals surface area contributed by atoms with E-state index in [1.807, 2.05) is 79.7 Å². The van der Waals surface area contributed by atoms with Gasteiger partial charge in [0.05, 0.1) is 15.7 Å². The molecule has 0 amide bonds. The molecule has 0 aromatic heterocycles. The minimum Gasteiger partial charge on any atom is -0.489 e. The summed E-state index contributed by atoms with van der Waals surface area (Å²) in [5, 5.41) is 0. The molecular weight excluding hydrogens is 567 g/mol. The van der Waals surface area contributed by atoms with E-state index < -0.39 is 5.97 Å². The number of ether oxygens (including phenoxy) is 3. The second-order valence-corrected chi connectivity index (χ2v) is 9.10. The quantitative estimate of drug-likeness (QED) is 0.113. The third kappa shape index (κ3) is 6.51. The predicted octanol–water partition coefficient (Wildman–Crippen LogP) is 6.98. The number of halogens is 1. The van der Waals surface area contributed by atoms with Gasteiger partial charge in [-0.05, 0) is 58.3 Å². The Balaban J connectivity index is 1.43. The number of benzene rings is 4. The topological polar surface area (TPSA) is 61.8 Å². The standard InChI is InChI=1S/C30H25IO5/c1-2-34-29-26(31)17-25(18-28(29)35-19-21-9-5-3-6-10-21)30(33)36-20-27(32)24-15-13-23(14-16-24)22-11-7-4-8-12-22/h3-18H,2,19-20H2,1H3. The van der Waals surface area contributed by atoms with Crippen molar-refractivity contribution in [2.45, 2.75) is 13.5 Å². The number of esters is 1. The van der Waals surface area contributed by atoms with Crippen molar-refractivity contribution >= 4 is 34.3 Å². The molecule has 5 nitrogen and oxygen atoms in total. The molecule has 4 rings (SSSR count). The van der Waals surface area contributed by atoms with E-state index in [9.17, 15) is 9.59 Å². The molecule has 0 saturated carbocycles. The van der Waals surface area contributed by atoms with Gasteiger partial charge < -0.3 is 14.2 Å². The van der Waals surface area contributed by atoms with Gasteiger partial charge in [0, 0.05) is 5.56 Å². The molecule has 0 bridgehead atoms. The summed E-state index contributed by atoms with van der Waals surface area (Å²) in [6.45, 7) is 2.32. The van der Waals surface area contributed by atoms with Crippen LogP contribution < -0.4 is 9.47 Å². The summed E-state index contributed by atoms with van der Waals surface area (Å²) in [6.07, 6.45) is 0. The summed E-state index contributed by atoms with van der Waals surface area (Å²) in [6, 6.07) is 30.2. The Morgan fingerprint density at radius 3 is 2.06 bits per heavy atom. The zero-order valence-electron chi connectivity index (χ0n) is 19.8. The summed E-state index contributed by atoms with van der Waals surface area (Å²) in [7, 11) is 0. The number of rotatable bonds is 10. The lowest BCUT2D eigenvalue weighted by Crippen LogP contribution is -2.15. The maximum absolute atomic E-state index is 12.8. The number of ketones is 1. The number of hydrogen-bond acceptors (Lipinski definition) is 5. The second kappa shape index (κ2) is 12.4. The Bertz CT molecular complexity index is 1320. The van der Waals surface area contributed by atoms with Crippen LogP contribution in [0.15, 0.2) is 97.1 Å². The Morgan fingerprint density at radius 1 is 0.750 bits per heavy atom. The molecule has 4 aromatic rings. The highest BCUT2D eigenvalue weighted by atomic mass is 127. The molecular formula is C30H25IO5. The summed E-state index contributed by atoms with van der Waals surface area (Å²) >= 11 is 2.10. The minimum absolute atomic E-state index is 0.274. The van der Waals surface area contributed by atoms with Crippen LogP contribution in [0.2, 0.25) is 0 Å². The van der Waals surface area contributed by atoms with Crippen LogP contribution in [-0.2, 0) is 11.3 Å². The van der Waals surface area contributed by atoms with Gasteiger partial charge in [0.15, 0.2) is 23.9 Å². The Labute approximate surface area is 224 Å². The van der Waals surface area contributed by atoms with Crippen molar-refractivity contribution in [3.63, 3.8) is 0 Å². The van der Waals surface area contributed by atoms with E-state index in [-0.39, 0.29) is 18.0 Å². The van der Waals surface area contributed by atoms with Gasteiger partial charge in [-0.15, -0.1) is 0 Å². The van der Waals surface area contributed by atoms with Gasteiger partial charge in [-0.2, -0.15) is 0 Å². The van der Waals surface area contributed by atoms with Gasteiger partial charge in [-0.25, -0.2) is 4.79 Å². The second-order valence-electron chi connectivity index (χ2n) is 7.94. The highest BCUT2D eigenvalue weighted by Gasteiger charge is 2.18. The van der Waals surface area contributed by atoms with Gasteiger partial charge >= 0.3 is 5.97 Å². The van der Waals surface area contributed by atoms with Crippen molar-refractivity contribution in [3.8, 4) is 22.6 Å². The van der Waals surface area contributed by atoms with Crippen LogP contribution in [0.3, 0.4) is 0 Å². The van der Waals surface area contributed by atoms with Gasteiger partial charge in [0.25, 0.3) is 0 Å². The zero-order valence-corrected chi connectivity index (χ0v) is 21.9. The van der Waals surface area contributed by atoms with Crippen LogP contribution in [0, 0.1) is 3.57 Å². The van der Waals surface area contributed by atoms with E-state index in [4.69, 9.17) is 14.2 Å². The van der Waals surface area contributed by atoms with Gasteiger partial charge in [-0.3, -0.25) is 4.79 Å². The predicted molar refractivity (Wildman–Crippen MR) is 148 cm³/mol. The fraction of sp³-hybridized carbons (Fsp3) is 0.133. The fourth-order valence-electron chi connectivity index (χ4n) is 3.59. The molecule has 0 fully saturated rings. The third-order valence-electron chi connectivity index (χ3n) is 5.42. The molecule has 0 heterocycles. The lowest BCUT2D eigenvalue weighted by atomic mass is 10.0. The molecule has 0 aliphatic rings. The number of Topliss-reactive ketones (excluding diaryl/α,β-unsaturated/α-hetero) is 1. The molecule has 0 aliphatic carbocycles. The van der Waals surface area contributed by atoms with Gasteiger partial charge in [0.2, 0.25) is 0 Å². The molecule has 4 aromatic carbocycles. The molecule has 0 aliphatic heterocycles. The highest BCUT2D eigenvalue weighted by molar-refractivity contribution is 14.1. The van der Waals surface area contributed by atoms with Crippen LogP contribution in [-0.4, -0.2) is 25.0 Å². The molecule has 0 N–H and O–H groups in total. The summed E-state index contributed by atoms with van der Waals surface area (Å²) in [4.78, 5) is 25.4. The average Bonchev–Trinajstić information content (AvgIpc) is 2.93. The maximum atomic E-state index is 12.8. The van der Waals surface area contributed by atoms with Crippen LogP contribution in [0.1, 0.15) is 33.2 Å². The molecule has 0 radical (unpaired) electrons. The van der Waals surface area contributed by atoms with E-state index >= 15 is 0 Å². The van der Waals surface area contributed by atoms with Crippen LogP contribution in [0.25, 0.3) is 11.1 Å². The normalized spacial score (nSPS) is 10.5. The van der Waals surface area contributed by atoms with Crippen molar-refractivity contribution in [2.75, 3.05) is 13.2 Å². The van der Waals surface area contributed by atoms with Crippen molar-refractivity contribution in [3.05, 3.63) is 117 Å². The van der Waals surface area contributed by atoms with Crippen LogP contribution >= 0.6 is 22.6 Å².